The average Bonchev–Trinajstić information content (AvgIpc) is 2.75. The highest BCUT2D eigenvalue weighted by atomic mass is 19.3. The van der Waals surface area contributed by atoms with E-state index in [0.717, 1.165) is 30.1 Å². The molecule has 0 radical (unpaired) electrons. The molecule has 1 fully saturated rings. The number of alkyl halides is 2. The van der Waals surface area contributed by atoms with Gasteiger partial charge >= 0.3 is 0 Å². The summed E-state index contributed by atoms with van der Waals surface area (Å²) < 4.78 is 40.8. The fourth-order valence-electron chi connectivity index (χ4n) is 4.12. The van der Waals surface area contributed by atoms with E-state index in [9.17, 15) is 18.3 Å². The fraction of sp³-hybridized carbons (Fsp3) is 0.391. The van der Waals surface area contributed by atoms with Crippen molar-refractivity contribution in [2.45, 2.75) is 37.8 Å². The number of hydrogen-bond acceptors (Lipinski definition) is 5. The molecule has 31 heavy (non-hydrogen) atoms. The molecule has 0 saturated carbocycles. The maximum absolute atomic E-state index is 14.6. The topological polar surface area (TPSA) is 61.3 Å². The molecule has 1 aliphatic heterocycles. The zero-order valence-corrected chi connectivity index (χ0v) is 17.4. The predicted molar refractivity (Wildman–Crippen MR) is 114 cm³/mol. The molecule has 4 rings (SSSR count). The van der Waals surface area contributed by atoms with Gasteiger partial charge in [-0.1, -0.05) is 24.3 Å². The fourth-order valence-corrected chi connectivity index (χ4v) is 4.12. The Balaban J connectivity index is 1.68. The first-order valence-corrected chi connectivity index (χ1v) is 10.3. The first kappa shape index (κ1) is 21.5. The number of anilines is 1. The van der Waals surface area contributed by atoms with Gasteiger partial charge in [0.1, 0.15) is 5.82 Å². The molecule has 8 heteroatoms. The van der Waals surface area contributed by atoms with Crippen molar-refractivity contribution in [3.8, 4) is 0 Å². The Labute approximate surface area is 178 Å². The van der Waals surface area contributed by atoms with Gasteiger partial charge in [0.2, 0.25) is 0 Å². The molecule has 1 saturated heterocycles. The number of hydrogen-bond donors (Lipinski definition) is 2. The van der Waals surface area contributed by atoms with Crippen LogP contribution < -0.4 is 5.32 Å². The molecule has 164 valence electrons. The smallest absolute Gasteiger partial charge is 0.266 e. The molecule has 3 aromatic rings. The molecular formula is C23H25F3N4O. The molecule has 0 amide bonds. The van der Waals surface area contributed by atoms with E-state index in [1.165, 1.54) is 18.3 Å². The van der Waals surface area contributed by atoms with Gasteiger partial charge < -0.3 is 15.3 Å². The molecule has 2 N–H and O–H groups in total. The third kappa shape index (κ3) is 4.22. The summed E-state index contributed by atoms with van der Waals surface area (Å²) in [4.78, 5) is 2.18. The van der Waals surface area contributed by atoms with Crippen LogP contribution in [0.3, 0.4) is 0 Å². The van der Waals surface area contributed by atoms with Gasteiger partial charge in [0.05, 0.1) is 34.6 Å². The second-order valence-corrected chi connectivity index (χ2v) is 8.24. The van der Waals surface area contributed by atoms with Crippen LogP contribution in [0.25, 0.3) is 10.9 Å². The predicted octanol–water partition coefficient (Wildman–Crippen LogP) is 4.79. The number of piperidine rings is 1. The van der Waals surface area contributed by atoms with Crippen LogP contribution in [-0.2, 0) is 5.60 Å². The van der Waals surface area contributed by atoms with Gasteiger partial charge in [-0.25, -0.2) is 13.2 Å². The van der Waals surface area contributed by atoms with Gasteiger partial charge in [-0.05, 0) is 44.5 Å². The summed E-state index contributed by atoms with van der Waals surface area (Å²) in [5.41, 5.74) is 0.619. The summed E-state index contributed by atoms with van der Waals surface area (Å²) in [6, 6.07) is 8.98. The summed E-state index contributed by atoms with van der Waals surface area (Å²) in [6.45, 7) is 3.30. The second kappa shape index (κ2) is 8.43. The number of nitrogens with one attached hydrogen (secondary N) is 1. The number of halogens is 3. The Morgan fingerprint density at radius 1 is 1.13 bits per heavy atom. The zero-order valence-electron chi connectivity index (χ0n) is 17.4. The van der Waals surface area contributed by atoms with Crippen LogP contribution in [0.5, 0.6) is 0 Å². The van der Waals surface area contributed by atoms with Gasteiger partial charge in [-0.2, -0.15) is 10.2 Å². The standard InChI is InChI=1S/C23H25F3N4O/c1-14(16-4-3-5-17(21(16)24)22(25)26)28-20-13-27-29-19-7-6-15(12-18(19)20)23(31)8-10-30(2)11-9-23/h3-7,12-14,22,31H,8-11H2,1-2H3,(H,28,29)/t14-/m1/s1. The molecule has 0 unspecified atom stereocenters. The number of likely N-dealkylation sites (tertiary alicyclic amines) is 1. The second-order valence-electron chi connectivity index (χ2n) is 8.24. The largest absolute Gasteiger partial charge is 0.385 e. The Hall–Kier alpha value is -2.71. The van der Waals surface area contributed by atoms with E-state index >= 15 is 0 Å². The van der Waals surface area contributed by atoms with Crippen molar-refractivity contribution in [2.75, 3.05) is 25.5 Å². The summed E-state index contributed by atoms with van der Waals surface area (Å²) in [7, 11) is 2.03. The SMILES string of the molecule is C[C@@H](Nc1cnnc2ccc(C3(O)CCN(C)CC3)cc12)c1cccc(C(F)F)c1F. The Bertz CT molecular complexity index is 1080. The molecule has 1 aliphatic rings. The van der Waals surface area contributed by atoms with E-state index < -0.39 is 29.4 Å². The minimum absolute atomic E-state index is 0.146. The van der Waals surface area contributed by atoms with Gasteiger partial charge in [0.15, 0.2) is 0 Å². The van der Waals surface area contributed by atoms with E-state index in [1.54, 1.807) is 6.92 Å². The first-order valence-electron chi connectivity index (χ1n) is 10.3. The van der Waals surface area contributed by atoms with Gasteiger partial charge in [0.25, 0.3) is 6.43 Å². The van der Waals surface area contributed by atoms with Crippen LogP contribution in [0.15, 0.2) is 42.6 Å². The summed E-state index contributed by atoms with van der Waals surface area (Å²) in [5, 5.41) is 23.2. The third-order valence-electron chi connectivity index (χ3n) is 6.12. The van der Waals surface area contributed by atoms with E-state index in [2.05, 4.69) is 20.4 Å². The molecular weight excluding hydrogens is 405 g/mol. The van der Waals surface area contributed by atoms with E-state index in [4.69, 9.17) is 0 Å². The number of rotatable bonds is 5. The highest BCUT2D eigenvalue weighted by Gasteiger charge is 2.33. The lowest BCUT2D eigenvalue weighted by molar-refractivity contribution is -0.0202. The molecule has 2 aromatic carbocycles. The number of aromatic nitrogens is 2. The first-order chi connectivity index (χ1) is 14.8. The van der Waals surface area contributed by atoms with Crippen molar-refractivity contribution < 1.29 is 18.3 Å². The minimum atomic E-state index is -2.88. The lowest BCUT2D eigenvalue weighted by Crippen LogP contribution is -2.40. The van der Waals surface area contributed by atoms with Crippen molar-refractivity contribution in [2.24, 2.45) is 0 Å². The maximum Gasteiger partial charge on any atom is 0.266 e. The third-order valence-corrected chi connectivity index (χ3v) is 6.12. The summed E-state index contributed by atoms with van der Waals surface area (Å²) in [5.74, 6) is -0.912. The number of aliphatic hydroxyl groups is 1. The molecule has 0 spiro atoms. The average molecular weight is 430 g/mol. The monoisotopic (exact) mass is 430 g/mol. The molecule has 1 atom stereocenters. The quantitative estimate of drug-likeness (QED) is 0.609. The van der Waals surface area contributed by atoms with Crippen LogP contribution in [0.1, 0.15) is 48.9 Å². The Morgan fingerprint density at radius 3 is 2.55 bits per heavy atom. The van der Waals surface area contributed by atoms with Crippen molar-refractivity contribution in [3.63, 3.8) is 0 Å². The summed E-state index contributed by atoms with van der Waals surface area (Å²) in [6.07, 6.45) is -0.110. The van der Waals surface area contributed by atoms with Crippen LogP contribution in [-0.4, -0.2) is 40.3 Å². The molecule has 5 nitrogen and oxygen atoms in total. The minimum Gasteiger partial charge on any atom is -0.385 e. The van der Waals surface area contributed by atoms with Crippen molar-refractivity contribution >= 4 is 16.6 Å². The summed E-state index contributed by atoms with van der Waals surface area (Å²) >= 11 is 0. The van der Waals surface area contributed by atoms with Crippen molar-refractivity contribution in [1.82, 2.24) is 15.1 Å². The normalized spacial score (nSPS) is 17.8. The number of fused-ring (bicyclic) bond motifs is 1. The molecule has 0 bridgehead atoms. The maximum atomic E-state index is 14.6. The van der Waals surface area contributed by atoms with E-state index in [-0.39, 0.29) is 5.56 Å². The van der Waals surface area contributed by atoms with Gasteiger partial charge in [-0.3, -0.25) is 0 Å². The van der Waals surface area contributed by atoms with Crippen molar-refractivity contribution in [1.29, 1.82) is 0 Å². The van der Waals surface area contributed by atoms with Crippen LogP contribution >= 0.6 is 0 Å². The van der Waals surface area contributed by atoms with E-state index in [0.29, 0.717) is 24.0 Å². The van der Waals surface area contributed by atoms with Crippen LogP contribution in [0, 0.1) is 5.82 Å². The van der Waals surface area contributed by atoms with Gasteiger partial charge in [-0.15, -0.1) is 0 Å². The Morgan fingerprint density at radius 2 is 1.84 bits per heavy atom. The van der Waals surface area contributed by atoms with Crippen LogP contribution in [0.2, 0.25) is 0 Å². The highest BCUT2D eigenvalue weighted by Crippen LogP contribution is 2.36. The molecule has 1 aromatic heterocycles. The number of benzene rings is 2. The van der Waals surface area contributed by atoms with Crippen molar-refractivity contribution in [3.05, 3.63) is 65.1 Å². The zero-order chi connectivity index (χ0) is 22.2. The highest BCUT2D eigenvalue weighted by molar-refractivity contribution is 5.91. The lowest BCUT2D eigenvalue weighted by atomic mass is 9.84. The molecule has 2 heterocycles. The van der Waals surface area contributed by atoms with E-state index in [1.807, 2.05) is 25.2 Å². The number of nitrogens with zero attached hydrogens (tertiary/aromatic N) is 3. The lowest BCUT2D eigenvalue weighted by Gasteiger charge is -2.37. The Kier molecular flexibility index (Phi) is 5.85. The van der Waals surface area contributed by atoms with Crippen LogP contribution in [0.4, 0.5) is 18.9 Å². The molecule has 0 aliphatic carbocycles. The van der Waals surface area contributed by atoms with Gasteiger partial charge in [0, 0.05) is 24.0 Å².